The van der Waals surface area contributed by atoms with E-state index < -0.39 is 0 Å². The minimum Gasteiger partial charge on any atom is -0.489 e. The van der Waals surface area contributed by atoms with Gasteiger partial charge in [0.05, 0.1) is 6.54 Å². The molecule has 0 radical (unpaired) electrons. The number of nitrogens with zero attached hydrogens (tertiary/aromatic N) is 4. The largest absolute Gasteiger partial charge is 0.489 e. The van der Waals surface area contributed by atoms with E-state index in [2.05, 4.69) is 30.4 Å². The van der Waals surface area contributed by atoms with Gasteiger partial charge < -0.3 is 19.9 Å². The maximum absolute atomic E-state index is 13.2. The number of ether oxygens (including phenoxy) is 1. The van der Waals surface area contributed by atoms with Crippen LogP contribution in [-0.4, -0.2) is 47.0 Å². The lowest BCUT2D eigenvalue weighted by atomic mass is 10.2. The van der Waals surface area contributed by atoms with Gasteiger partial charge in [0.2, 0.25) is 0 Å². The SMILES string of the molecule is CN=C(NCCc1nnc2n1CCCCC2)NCC(C)Oc1cccc(F)c1.I. The number of hydrogen-bond donors (Lipinski definition) is 2. The highest BCUT2D eigenvalue weighted by Crippen LogP contribution is 2.15. The van der Waals surface area contributed by atoms with Crippen molar-refractivity contribution >= 4 is 29.9 Å². The van der Waals surface area contributed by atoms with Crippen molar-refractivity contribution in [1.29, 1.82) is 0 Å². The molecule has 3 rings (SSSR count). The topological polar surface area (TPSA) is 76.4 Å². The van der Waals surface area contributed by atoms with Gasteiger partial charge in [-0.05, 0) is 31.9 Å². The molecule has 1 aliphatic rings. The first-order valence-corrected chi connectivity index (χ1v) is 9.93. The molecule has 160 valence electrons. The highest BCUT2D eigenvalue weighted by molar-refractivity contribution is 14.0. The second kappa shape index (κ2) is 11.9. The zero-order valence-electron chi connectivity index (χ0n) is 17.0. The van der Waals surface area contributed by atoms with Crippen molar-refractivity contribution in [3.8, 4) is 5.75 Å². The van der Waals surface area contributed by atoms with E-state index in [9.17, 15) is 4.39 Å². The minimum absolute atomic E-state index is 0. The van der Waals surface area contributed by atoms with Crippen molar-refractivity contribution < 1.29 is 9.13 Å². The van der Waals surface area contributed by atoms with Crippen LogP contribution in [0.1, 0.15) is 37.8 Å². The van der Waals surface area contributed by atoms with Gasteiger partial charge in [-0.2, -0.15) is 0 Å². The van der Waals surface area contributed by atoms with Gasteiger partial charge in [-0.25, -0.2) is 4.39 Å². The Hall–Kier alpha value is -1.91. The molecule has 0 saturated heterocycles. The maximum atomic E-state index is 13.2. The maximum Gasteiger partial charge on any atom is 0.191 e. The Kier molecular flexibility index (Phi) is 9.62. The molecule has 0 bridgehead atoms. The average molecular weight is 516 g/mol. The number of benzene rings is 1. The number of hydrogen-bond acceptors (Lipinski definition) is 4. The van der Waals surface area contributed by atoms with Crippen LogP contribution in [0.25, 0.3) is 0 Å². The number of nitrogens with one attached hydrogen (secondary N) is 2. The molecule has 29 heavy (non-hydrogen) atoms. The average Bonchev–Trinajstić information content (AvgIpc) is 2.91. The fourth-order valence-corrected chi connectivity index (χ4v) is 3.30. The number of aryl methyl sites for hydroxylation is 1. The lowest BCUT2D eigenvalue weighted by Crippen LogP contribution is -2.42. The summed E-state index contributed by atoms with van der Waals surface area (Å²) in [6.07, 6.45) is 5.33. The van der Waals surface area contributed by atoms with Crippen molar-refractivity contribution in [3.63, 3.8) is 0 Å². The van der Waals surface area contributed by atoms with Crippen LogP contribution in [0, 0.1) is 5.82 Å². The van der Waals surface area contributed by atoms with Gasteiger partial charge in [-0.3, -0.25) is 4.99 Å². The van der Waals surface area contributed by atoms with Crippen molar-refractivity contribution in [2.45, 2.75) is 51.7 Å². The van der Waals surface area contributed by atoms with E-state index >= 15 is 0 Å². The predicted octanol–water partition coefficient (Wildman–Crippen LogP) is 2.94. The van der Waals surface area contributed by atoms with Crippen LogP contribution in [0.3, 0.4) is 0 Å². The van der Waals surface area contributed by atoms with Crippen molar-refractivity contribution in [1.82, 2.24) is 25.4 Å². The third kappa shape index (κ3) is 7.13. The molecule has 2 aromatic rings. The van der Waals surface area contributed by atoms with Crippen LogP contribution in [0.4, 0.5) is 4.39 Å². The third-order valence-corrected chi connectivity index (χ3v) is 4.74. The molecule has 1 unspecified atom stereocenters. The van der Waals surface area contributed by atoms with Gasteiger partial charge in [-0.15, -0.1) is 34.2 Å². The summed E-state index contributed by atoms with van der Waals surface area (Å²) in [6.45, 7) is 4.21. The van der Waals surface area contributed by atoms with Crippen LogP contribution in [0.15, 0.2) is 29.3 Å². The highest BCUT2D eigenvalue weighted by Gasteiger charge is 2.14. The molecular formula is C20H30FIN6O. The summed E-state index contributed by atoms with van der Waals surface area (Å²) in [5, 5.41) is 15.2. The number of fused-ring (bicyclic) bond motifs is 1. The first kappa shape index (κ1) is 23.4. The van der Waals surface area contributed by atoms with E-state index in [1.807, 2.05) is 6.92 Å². The Morgan fingerprint density at radius 2 is 2.14 bits per heavy atom. The van der Waals surface area contributed by atoms with Crippen LogP contribution < -0.4 is 15.4 Å². The molecule has 7 nitrogen and oxygen atoms in total. The lowest BCUT2D eigenvalue weighted by Gasteiger charge is -2.18. The third-order valence-electron chi connectivity index (χ3n) is 4.74. The van der Waals surface area contributed by atoms with Gasteiger partial charge in [0.25, 0.3) is 0 Å². The van der Waals surface area contributed by atoms with Crippen molar-refractivity contribution in [2.75, 3.05) is 20.1 Å². The fraction of sp³-hybridized carbons (Fsp3) is 0.550. The summed E-state index contributed by atoms with van der Waals surface area (Å²) >= 11 is 0. The summed E-state index contributed by atoms with van der Waals surface area (Å²) in [5.41, 5.74) is 0. The molecule has 0 saturated carbocycles. The molecule has 0 aliphatic carbocycles. The standard InChI is InChI=1S/C20H29FN6O.HI/c1-15(28-17-8-6-7-16(21)13-17)14-24-20(22-2)23-11-10-19-26-25-18-9-4-3-5-12-27(18)19;/h6-8,13,15H,3-5,9-12,14H2,1-2H3,(H2,22,23,24);1H. The molecule has 1 aliphatic heterocycles. The molecular weight excluding hydrogens is 486 g/mol. The lowest BCUT2D eigenvalue weighted by molar-refractivity contribution is 0.223. The van der Waals surface area contributed by atoms with E-state index in [1.54, 1.807) is 19.2 Å². The van der Waals surface area contributed by atoms with E-state index in [0.717, 1.165) is 37.6 Å². The summed E-state index contributed by atoms with van der Waals surface area (Å²) in [5.74, 6) is 3.05. The quantitative estimate of drug-likeness (QED) is 0.337. The number of aliphatic imine (C=N–C) groups is 1. The molecule has 2 N–H and O–H groups in total. The summed E-state index contributed by atoms with van der Waals surface area (Å²) in [7, 11) is 1.73. The van der Waals surface area contributed by atoms with Gasteiger partial charge in [-0.1, -0.05) is 12.5 Å². The van der Waals surface area contributed by atoms with E-state index in [1.165, 1.54) is 31.4 Å². The predicted molar refractivity (Wildman–Crippen MR) is 123 cm³/mol. The zero-order chi connectivity index (χ0) is 19.8. The summed E-state index contributed by atoms with van der Waals surface area (Å²) in [6, 6.07) is 6.16. The normalized spacial score (nSPS) is 14.9. The minimum atomic E-state index is -0.304. The van der Waals surface area contributed by atoms with Crippen molar-refractivity contribution in [3.05, 3.63) is 41.7 Å². The monoisotopic (exact) mass is 516 g/mol. The highest BCUT2D eigenvalue weighted by atomic mass is 127. The van der Waals surface area contributed by atoms with Crippen LogP contribution in [0.5, 0.6) is 5.75 Å². The summed E-state index contributed by atoms with van der Waals surface area (Å²) < 4.78 is 21.2. The Labute approximate surface area is 188 Å². The Balaban J connectivity index is 0.00000300. The van der Waals surface area contributed by atoms with E-state index in [-0.39, 0.29) is 35.9 Å². The fourth-order valence-electron chi connectivity index (χ4n) is 3.30. The van der Waals surface area contributed by atoms with Crippen LogP contribution >= 0.6 is 24.0 Å². The molecule has 1 atom stereocenters. The van der Waals surface area contributed by atoms with Gasteiger partial charge in [0, 0.05) is 39.0 Å². The van der Waals surface area contributed by atoms with Crippen LogP contribution in [-0.2, 0) is 19.4 Å². The zero-order valence-corrected chi connectivity index (χ0v) is 19.4. The summed E-state index contributed by atoms with van der Waals surface area (Å²) in [4.78, 5) is 4.24. The van der Waals surface area contributed by atoms with Crippen LogP contribution in [0.2, 0.25) is 0 Å². The van der Waals surface area contributed by atoms with E-state index in [4.69, 9.17) is 4.74 Å². The van der Waals surface area contributed by atoms with Gasteiger partial charge in [0.1, 0.15) is 29.3 Å². The first-order chi connectivity index (χ1) is 13.7. The van der Waals surface area contributed by atoms with E-state index in [0.29, 0.717) is 18.3 Å². The number of aromatic nitrogens is 3. The van der Waals surface area contributed by atoms with Gasteiger partial charge in [0.15, 0.2) is 5.96 Å². The molecule has 1 aromatic heterocycles. The number of halogens is 2. The first-order valence-electron chi connectivity index (χ1n) is 9.93. The number of rotatable bonds is 7. The molecule has 0 fully saturated rings. The van der Waals surface area contributed by atoms with Crippen molar-refractivity contribution in [2.24, 2.45) is 4.99 Å². The second-order valence-corrected chi connectivity index (χ2v) is 7.01. The second-order valence-electron chi connectivity index (χ2n) is 7.01. The molecule has 1 aromatic carbocycles. The smallest absolute Gasteiger partial charge is 0.191 e. The Morgan fingerprint density at radius 3 is 2.93 bits per heavy atom. The number of guanidine groups is 1. The van der Waals surface area contributed by atoms with Gasteiger partial charge >= 0.3 is 0 Å². The molecule has 0 amide bonds. The Morgan fingerprint density at radius 1 is 1.28 bits per heavy atom. The Bertz CT molecular complexity index is 797. The molecule has 0 spiro atoms. The molecule has 2 heterocycles. The molecule has 9 heteroatoms.